The Morgan fingerprint density at radius 1 is 0.733 bits per heavy atom. The van der Waals surface area contributed by atoms with Gasteiger partial charge in [-0.15, -0.1) is 0 Å². The number of hydrogen-bond donors (Lipinski definition) is 1. The van der Waals surface area contributed by atoms with Gasteiger partial charge in [-0.25, -0.2) is 0 Å². The van der Waals surface area contributed by atoms with Gasteiger partial charge in [0.2, 0.25) is 0 Å². The van der Waals surface area contributed by atoms with Crippen molar-refractivity contribution in [1.82, 2.24) is 5.32 Å². The number of ketones is 2. The molecule has 8 nitrogen and oxygen atoms in total. The van der Waals surface area contributed by atoms with E-state index in [2.05, 4.69) is 5.32 Å². The van der Waals surface area contributed by atoms with Crippen LogP contribution in [-0.4, -0.2) is 53.8 Å². The molecule has 4 aliphatic rings. The molecule has 0 bridgehead atoms. The first kappa shape index (κ1) is 21.6. The average molecular weight is 421 g/mol. The summed E-state index contributed by atoms with van der Waals surface area (Å²) in [5, 5.41) is 3.18. The first-order valence-corrected chi connectivity index (χ1v) is 10.4. The Hall–Kier alpha value is -1.58. The molecule has 1 unspecified atom stereocenters. The van der Waals surface area contributed by atoms with E-state index >= 15 is 0 Å². The van der Waals surface area contributed by atoms with Crippen LogP contribution in [-0.2, 0) is 33.3 Å². The molecular formula is C22H31NO7. The molecule has 166 valence electrons. The van der Waals surface area contributed by atoms with Gasteiger partial charge < -0.3 is 29.0 Å². The van der Waals surface area contributed by atoms with Gasteiger partial charge in [-0.1, -0.05) is 0 Å². The van der Waals surface area contributed by atoms with Gasteiger partial charge in [-0.05, 0) is 55.4 Å². The van der Waals surface area contributed by atoms with E-state index in [-0.39, 0.29) is 11.6 Å². The predicted molar refractivity (Wildman–Crippen MR) is 106 cm³/mol. The van der Waals surface area contributed by atoms with Crippen LogP contribution in [0.5, 0.6) is 0 Å². The standard InChI is InChI=1S/C22H31NO7/c1-9-13(11(3)24)15(14(12(4)25)10(2)23-9)16-17-18(28-21(5,6)27-17)19-20(26-16)30-22(7,8)29-19/h15-20,23H,1-8H3/t16?,17-,18-,19+,20+/m0/s1. The molecular weight excluding hydrogens is 390 g/mol. The summed E-state index contributed by atoms with van der Waals surface area (Å²) < 4.78 is 30.9. The van der Waals surface area contributed by atoms with E-state index in [1.165, 1.54) is 13.8 Å². The fourth-order valence-electron chi connectivity index (χ4n) is 5.23. The Morgan fingerprint density at radius 2 is 1.17 bits per heavy atom. The molecule has 1 N–H and O–H groups in total. The van der Waals surface area contributed by atoms with Crippen molar-refractivity contribution in [3.05, 3.63) is 22.5 Å². The highest BCUT2D eigenvalue weighted by Crippen LogP contribution is 2.48. The highest BCUT2D eigenvalue weighted by molar-refractivity contribution is 6.02. The normalized spacial score (nSPS) is 37.7. The second-order valence-electron chi connectivity index (χ2n) is 9.43. The molecule has 5 atom stereocenters. The molecule has 4 rings (SSSR count). The van der Waals surface area contributed by atoms with Gasteiger partial charge in [0.25, 0.3) is 0 Å². The van der Waals surface area contributed by atoms with Crippen LogP contribution in [0.1, 0.15) is 55.4 Å². The first-order valence-electron chi connectivity index (χ1n) is 10.4. The van der Waals surface area contributed by atoms with E-state index < -0.39 is 48.2 Å². The predicted octanol–water partition coefficient (Wildman–Crippen LogP) is 2.33. The van der Waals surface area contributed by atoms with Gasteiger partial charge in [0, 0.05) is 28.5 Å². The van der Waals surface area contributed by atoms with Crippen molar-refractivity contribution >= 4 is 11.6 Å². The minimum absolute atomic E-state index is 0.124. The maximum atomic E-state index is 12.7. The summed E-state index contributed by atoms with van der Waals surface area (Å²) in [5.74, 6) is -2.55. The molecule has 4 heterocycles. The van der Waals surface area contributed by atoms with Gasteiger partial charge in [0.15, 0.2) is 29.4 Å². The summed E-state index contributed by atoms with van der Waals surface area (Å²) in [6, 6.07) is 0. The lowest BCUT2D eigenvalue weighted by atomic mass is 9.75. The smallest absolute Gasteiger partial charge is 0.190 e. The number of fused-ring (bicyclic) bond motifs is 3. The summed E-state index contributed by atoms with van der Waals surface area (Å²) in [6.45, 7) is 14.0. The van der Waals surface area contributed by atoms with Gasteiger partial charge in [-0.2, -0.15) is 0 Å². The van der Waals surface area contributed by atoms with Crippen LogP contribution in [0.3, 0.4) is 0 Å². The number of carbonyl (C=O) groups is 2. The van der Waals surface area contributed by atoms with Crippen LogP contribution in [0.25, 0.3) is 0 Å². The van der Waals surface area contributed by atoms with Crippen LogP contribution < -0.4 is 5.32 Å². The number of Topliss-reactive ketones (excluding diaryl/α,β-unsaturated/α-hetero) is 2. The van der Waals surface area contributed by atoms with Crippen molar-refractivity contribution in [2.75, 3.05) is 0 Å². The molecule has 3 fully saturated rings. The van der Waals surface area contributed by atoms with E-state index in [9.17, 15) is 9.59 Å². The Morgan fingerprint density at radius 3 is 1.67 bits per heavy atom. The third-order valence-corrected chi connectivity index (χ3v) is 6.08. The number of allylic oxidation sites excluding steroid dienone is 2. The second-order valence-corrected chi connectivity index (χ2v) is 9.43. The third-order valence-electron chi connectivity index (χ3n) is 6.08. The van der Waals surface area contributed by atoms with E-state index in [1.807, 2.05) is 41.5 Å². The van der Waals surface area contributed by atoms with Crippen LogP contribution in [0.2, 0.25) is 0 Å². The van der Waals surface area contributed by atoms with Crippen LogP contribution in [0.15, 0.2) is 22.5 Å². The van der Waals surface area contributed by atoms with Crippen molar-refractivity contribution in [3.63, 3.8) is 0 Å². The van der Waals surface area contributed by atoms with Gasteiger partial charge in [0.1, 0.15) is 24.4 Å². The van der Waals surface area contributed by atoms with Crippen molar-refractivity contribution in [1.29, 1.82) is 0 Å². The Labute approximate surface area is 176 Å². The number of dihydropyridines is 1. The molecule has 0 aromatic carbocycles. The highest BCUT2D eigenvalue weighted by Gasteiger charge is 2.63. The molecule has 8 heteroatoms. The van der Waals surface area contributed by atoms with E-state index in [0.717, 1.165) is 0 Å². The minimum atomic E-state index is -0.862. The number of rotatable bonds is 3. The van der Waals surface area contributed by atoms with Crippen molar-refractivity contribution < 1.29 is 33.3 Å². The summed E-state index contributed by atoms with van der Waals surface area (Å²) in [5.41, 5.74) is 2.44. The zero-order chi connectivity index (χ0) is 22.2. The zero-order valence-electron chi connectivity index (χ0n) is 18.8. The molecule has 0 aromatic rings. The summed E-state index contributed by atoms with van der Waals surface area (Å²) >= 11 is 0. The number of hydrogen-bond acceptors (Lipinski definition) is 8. The van der Waals surface area contributed by atoms with Crippen molar-refractivity contribution in [2.45, 2.75) is 97.7 Å². The Kier molecular flexibility index (Phi) is 5.03. The first-order chi connectivity index (χ1) is 13.8. The molecule has 4 aliphatic heterocycles. The van der Waals surface area contributed by atoms with Gasteiger partial charge >= 0.3 is 0 Å². The molecule has 30 heavy (non-hydrogen) atoms. The van der Waals surface area contributed by atoms with Gasteiger partial charge in [-0.3, -0.25) is 9.59 Å². The summed E-state index contributed by atoms with van der Waals surface area (Å²) in [6.07, 6.45) is -2.81. The SMILES string of the molecule is CC(=O)C1=C(C)NC(C)=C(C(C)=O)C1C1O[C@@H]2OC(C)(C)O[C@@H]2[C@H]2OC(C)(C)O[C@@H]12. The average Bonchev–Trinajstić information content (AvgIpc) is 3.06. The molecule has 0 radical (unpaired) electrons. The molecule has 0 aliphatic carbocycles. The highest BCUT2D eigenvalue weighted by atomic mass is 16.9. The minimum Gasteiger partial charge on any atom is -0.362 e. The van der Waals surface area contributed by atoms with E-state index in [1.54, 1.807) is 0 Å². The van der Waals surface area contributed by atoms with Gasteiger partial charge in [0.05, 0.1) is 0 Å². The second kappa shape index (κ2) is 6.97. The third kappa shape index (κ3) is 3.44. The van der Waals surface area contributed by atoms with Crippen LogP contribution in [0.4, 0.5) is 0 Å². The fourth-order valence-corrected chi connectivity index (χ4v) is 5.23. The lowest BCUT2D eigenvalue weighted by molar-refractivity contribution is -0.240. The monoisotopic (exact) mass is 421 g/mol. The molecule has 0 aromatic heterocycles. The molecule has 0 spiro atoms. The fraction of sp³-hybridized carbons (Fsp3) is 0.727. The summed E-state index contributed by atoms with van der Waals surface area (Å²) in [4.78, 5) is 25.3. The quantitative estimate of drug-likeness (QED) is 0.742. The summed E-state index contributed by atoms with van der Waals surface area (Å²) in [7, 11) is 0. The number of ether oxygens (including phenoxy) is 5. The van der Waals surface area contributed by atoms with Crippen LogP contribution in [0, 0.1) is 5.92 Å². The Balaban J connectivity index is 1.82. The largest absolute Gasteiger partial charge is 0.362 e. The van der Waals surface area contributed by atoms with Crippen molar-refractivity contribution in [3.8, 4) is 0 Å². The van der Waals surface area contributed by atoms with Crippen molar-refractivity contribution in [2.24, 2.45) is 5.92 Å². The number of nitrogens with one attached hydrogen (secondary N) is 1. The van der Waals surface area contributed by atoms with E-state index in [0.29, 0.717) is 22.5 Å². The topological polar surface area (TPSA) is 92.3 Å². The van der Waals surface area contributed by atoms with Crippen LogP contribution >= 0.6 is 0 Å². The lowest BCUT2D eigenvalue weighted by Gasteiger charge is -2.43. The molecule has 3 saturated heterocycles. The van der Waals surface area contributed by atoms with E-state index in [4.69, 9.17) is 23.7 Å². The lowest BCUT2D eigenvalue weighted by Crippen LogP contribution is -2.58. The maximum absolute atomic E-state index is 12.7. The molecule has 0 amide bonds. The number of carbonyl (C=O) groups excluding carboxylic acids is 2. The maximum Gasteiger partial charge on any atom is 0.190 e. The Bertz CT molecular complexity index is 820. The zero-order valence-corrected chi connectivity index (χ0v) is 18.8. The molecule has 0 saturated carbocycles.